The van der Waals surface area contributed by atoms with E-state index in [0.717, 1.165) is 17.0 Å². The summed E-state index contributed by atoms with van der Waals surface area (Å²) in [5.74, 6) is 0.725. The van der Waals surface area contributed by atoms with Gasteiger partial charge in [0.1, 0.15) is 5.75 Å². The average molecular weight is 235 g/mol. The Morgan fingerprint density at radius 1 is 1.25 bits per heavy atom. The molecule has 0 fully saturated rings. The van der Waals surface area contributed by atoms with Crippen LogP contribution < -0.4 is 10.5 Å². The summed E-state index contributed by atoms with van der Waals surface area (Å²) < 4.78 is 5.26. The molecule has 0 atom stereocenters. The maximum atomic E-state index is 5.95. The Hall–Kier alpha value is -1.74. The number of aromatic nitrogens is 1. The molecule has 0 saturated carbocycles. The van der Waals surface area contributed by atoms with Crippen LogP contribution in [0.1, 0.15) is 0 Å². The third-order valence-corrected chi connectivity index (χ3v) is 2.46. The van der Waals surface area contributed by atoms with E-state index in [1.807, 2.05) is 12.1 Å². The zero-order valence-electron chi connectivity index (χ0n) is 8.77. The van der Waals surface area contributed by atoms with E-state index in [2.05, 4.69) is 4.98 Å². The van der Waals surface area contributed by atoms with Gasteiger partial charge >= 0.3 is 0 Å². The van der Waals surface area contributed by atoms with E-state index in [0.29, 0.717) is 10.7 Å². The number of pyridine rings is 1. The molecule has 1 heterocycles. The predicted molar refractivity (Wildman–Crippen MR) is 65.6 cm³/mol. The van der Waals surface area contributed by atoms with E-state index >= 15 is 0 Å². The summed E-state index contributed by atoms with van der Waals surface area (Å²) in [5.41, 5.74) is 7.96. The average Bonchev–Trinajstić information content (AvgIpc) is 2.29. The van der Waals surface area contributed by atoms with Crippen LogP contribution in [0.5, 0.6) is 5.75 Å². The quantitative estimate of drug-likeness (QED) is 0.869. The number of methoxy groups -OCH3 is 1. The fourth-order valence-corrected chi connectivity index (χ4v) is 1.65. The molecule has 0 bridgehead atoms. The van der Waals surface area contributed by atoms with Crippen molar-refractivity contribution in [3.8, 4) is 17.0 Å². The molecule has 82 valence electrons. The molecular formula is C12H11ClN2O. The number of benzene rings is 1. The molecule has 1 aromatic heterocycles. The van der Waals surface area contributed by atoms with E-state index in [9.17, 15) is 0 Å². The normalized spacial score (nSPS) is 10.1. The topological polar surface area (TPSA) is 48.1 Å². The second-order valence-electron chi connectivity index (χ2n) is 3.32. The van der Waals surface area contributed by atoms with Crippen molar-refractivity contribution in [2.24, 2.45) is 0 Å². The summed E-state index contributed by atoms with van der Waals surface area (Å²) in [4.78, 5) is 4.24. The van der Waals surface area contributed by atoms with Gasteiger partial charge in [-0.2, -0.15) is 0 Å². The van der Waals surface area contributed by atoms with Gasteiger partial charge in [0, 0.05) is 22.5 Å². The summed E-state index contributed by atoms with van der Waals surface area (Å²) in [6.07, 6.45) is 1.66. The molecular weight excluding hydrogens is 224 g/mol. The lowest BCUT2D eigenvalue weighted by molar-refractivity contribution is 0.416. The van der Waals surface area contributed by atoms with Crippen LogP contribution in [-0.2, 0) is 0 Å². The maximum absolute atomic E-state index is 5.95. The second-order valence-corrected chi connectivity index (χ2v) is 3.76. The van der Waals surface area contributed by atoms with Gasteiger partial charge in [0.05, 0.1) is 12.8 Å². The Morgan fingerprint density at radius 2 is 2.06 bits per heavy atom. The van der Waals surface area contributed by atoms with E-state index in [1.54, 1.807) is 31.5 Å². The van der Waals surface area contributed by atoms with E-state index in [1.165, 1.54) is 0 Å². The molecule has 2 N–H and O–H groups in total. The minimum absolute atomic E-state index is 0.639. The summed E-state index contributed by atoms with van der Waals surface area (Å²) in [6.45, 7) is 0. The van der Waals surface area contributed by atoms with Gasteiger partial charge in [0.2, 0.25) is 0 Å². The van der Waals surface area contributed by atoms with Crippen molar-refractivity contribution in [1.29, 1.82) is 0 Å². The van der Waals surface area contributed by atoms with Crippen LogP contribution in [0.4, 0.5) is 5.69 Å². The number of halogens is 1. The highest BCUT2D eigenvalue weighted by Crippen LogP contribution is 2.31. The fourth-order valence-electron chi connectivity index (χ4n) is 1.47. The van der Waals surface area contributed by atoms with Gasteiger partial charge < -0.3 is 10.5 Å². The summed E-state index contributed by atoms with van der Waals surface area (Å²) >= 11 is 5.95. The van der Waals surface area contributed by atoms with Crippen molar-refractivity contribution in [3.63, 3.8) is 0 Å². The van der Waals surface area contributed by atoms with Crippen molar-refractivity contribution in [3.05, 3.63) is 41.6 Å². The third-order valence-electron chi connectivity index (χ3n) is 2.22. The number of anilines is 1. The Morgan fingerprint density at radius 3 is 2.75 bits per heavy atom. The van der Waals surface area contributed by atoms with Crippen molar-refractivity contribution in [2.75, 3.05) is 12.8 Å². The standard InChI is InChI=1S/C12H11ClN2O/c1-16-12-3-2-8(13)6-10(12)11-7-9(14)4-5-15-11/h2-7H,1H3,(H2,14,15). The molecule has 16 heavy (non-hydrogen) atoms. The number of hydrogen-bond donors (Lipinski definition) is 1. The SMILES string of the molecule is COc1ccc(Cl)cc1-c1cc(N)ccn1. The van der Waals surface area contributed by atoms with Crippen molar-refractivity contribution in [2.45, 2.75) is 0 Å². The minimum Gasteiger partial charge on any atom is -0.496 e. The first kappa shape index (κ1) is 10.8. The van der Waals surface area contributed by atoms with E-state index in [4.69, 9.17) is 22.1 Å². The lowest BCUT2D eigenvalue weighted by atomic mass is 10.1. The van der Waals surface area contributed by atoms with Crippen molar-refractivity contribution < 1.29 is 4.74 Å². The second kappa shape index (κ2) is 4.41. The first-order chi connectivity index (χ1) is 7.70. The molecule has 0 aliphatic rings. The van der Waals surface area contributed by atoms with Gasteiger partial charge in [0.15, 0.2) is 0 Å². The highest BCUT2D eigenvalue weighted by Gasteiger charge is 2.07. The summed E-state index contributed by atoms with van der Waals surface area (Å²) in [5, 5.41) is 0.639. The molecule has 4 heteroatoms. The Balaban J connectivity index is 2.58. The van der Waals surface area contributed by atoms with Crippen molar-refractivity contribution in [1.82, 2.24) is 4.98 Å². The smallest absolute Gasteiger partial charge is 0.128 e. The highest BCUT2D eigenvalue weighted by atomic mass is 35.5. The third kappa shape index (κ3) is 2.09. The molecule has 0 saturated heterocycles. The lowest BCUT2D eigenvalue weighted by Gasteiger charge is -2.08. The monoisotopic (exact) mass is 234 g/mol. The summed E-state index contributed by atoms with van der Waals surface area (Å²) in [7, 11) is 1.61. The zero-order chi connectivity index (χ0) is 11.5. The Labute approximate surface area is 98.8 Å². The van der Waals surface area contributed by atoms with E-state index in [-0.39, 0.29) is 0 Å². The molecule has 1 aromatic carbocycles. The number of nitrogen functional groups attached to an aromatic ring is 1. The van der Waals surface area contributed by atoms with Gasteiger partial charge in [-0.1, -0.05) is 11.6 Å². The van der Waals surface area contributed by atoms with Crippen LogP contribution in [0, 0.1) is 0 Å². The first-order valence-corrected chi connectivity index (χ1v) is 5.14. The fraction of sp³-hybridized carbons (Fsp3) is 0.0833. The van der Waals surface area contributed by atoms with Crippen LogP contribution in [0.3, 0.4) is 0 Å². The van der Waals surface area contributed by atoms with E-state index < -0.39 is 0 Å². The van der Waals surface area contributed by atoms with Gasteiger partial charge in [-0.15, -0.1) is 0 Å². The first-order valence-electron chi connectivity index (χ1n) is 4.76. The Bertz CT molecular complexity index is 514. The summed E-state index contributed by atoms with van der Waals surface area (Å²) in [6, 6.07) is 8.91. The zero-order valence-corrected chi connectivity index (χ0v) is 9.53. The number of ether oxygens (including phenoxy) is 1. The number of nitrogens with zero attached hydrogens (tertiary/aromatic N) is 1. The maximum Gasteiger partial charge on any atom is 0.128 e. The van der Waals surface area contributed by atoms with Gasteiger partial charge in [-0.05, 0) is 30.3 Å². The number of rotatable bonds is 2. The van der Waals surface area contributed by atoms with Crippen LogP contribution in [-0.4, -0.2) is 12.1 Å². The highest BCUT2D eigenvalue weighted by molar-refractivity contribution is 6.30. The van der Waals surface area contributed by atoms with Crippen LogP contribution >= 0.6 is 11.6 Å². The van der Waals surface area contributed by atoms with Gasteiger partial charge in [0.25, 0.3) is 0 Å². The molecule has 3 nitrogen and oxygen atoms in total. The Kier molecular flexibility index (Phi) is 2.97. The largest absolute Gasteiger partial charge is 0.496 e. The molecule has 0 aliphatic carbocycles. The molecule has 0 radical (unpaired) electrons. The minimum atomic E-state index is 0.639. The predicted octanol–water partition coefficient (Wildman–Crippen LogP) is 2.99. The molecule has 2 aromatic rings. The molecule has 0 amide bonds. The van der Waals surface area contributed by atoms with Crippen LogP contribution in [0.15, 0.2) is 36.5 Å². The van der Waals surface area contributed by atoms with Gasteiger partial charge in [-0.25, -0.2) is 0 Å². The van der Waals surface area contributed by atoms with Crippen LogP contribution in [0.25, 0.3) is 11.3 Å². The van der Waals surface area contributed by atoms with Crippen molar-refractivity contribution >= 4 is 17.3 Å². The van der Waals surface area contributed by atoms with Crippen LogP contribution in [0.2, 0.25) is 5.02 Å². The number of nitrogens with two attached hydrogens (primary N) is 1. The van der Waals surface area contributed by atoms with Gasteiger partial charge in [-0.3, -0.25) is 4.98 Å². The number of hydrogen-bond acceptors (Lipinski definition) is 3. The molecule has 2 rings (SSSR count). The molecule has 0 spiro atoms. The lowest BCUT2D eigenvalue weighted by Crippen LogP contribution is -1.92. The molecule has 0 aliphatic heterocycles. The molecule has 0 unspecified atom stereocenters.